The van der Waals surface area contributed by atoms with E-state index in [0.29, 0.717) is 19.0 Å². The Morgan fingerprint density at radius 2 is 1.95 bits per heavy atom. The van der Waals surface area contributed by atoms with E-state index in [1.54, 1.807) is 0 Å². The Morgan fingerprint density at radius 1 is 1.27 bits per heavy atom. The summed E-state index contributed by atoms with van der Waals surface area (Å²) in [4.78, 5) is 14.7. The molecule has 0 aliphatic carbocycles. The number of benzene rings is 1. The molecular weight excluding hydrogens is 300 g/mol. The molecule has 2 aliphatic rings. The second-order valence-corrected chi connectivity index (χ2v) is 6.30. The van der Waals surface area contributed by atoms with Crippen LogP contribution in [0.4, 0.5) is 0 Å². The van der Waals surface area contributed by atoms with Crippen molar-refractivity contribution in [3.8, 4) is 0 Å². The van der Waals surface area contributed by atoms with Crippen molar-refractivity contribution in [1.29, 1.82) is 0 Å². The molecule has 1 N–H and O–H groups in total. The van der Waals surface area contributed by atoms with E-state index in [1.807, 2.05) is 30.0 Å². The highest BCUT2D eigenvalue weighted by Gasteiger charge is 2.35. The molecule has 0 spiro atoms. The normalized spacial score (nSPS) is 26.7. The monoisotopic (exact) mass is 324 g/mol. The van der Waals surface area contributed by atoms with Crippen LogP contribution >= 0.6 is 12.4 Å². The van der Waals surface area contributed by atoms with Crippen LogP contribution in [0.25, 0.3) is 0 Å². The Balaban J connectivity index is 0.00000176. The number of ether oxygens (including phenoxy) is 1. The number of halogens is 1. The minimum atomic E-state index is -0.00869. The van der Waals surface area contributed by atoms with Gasteiger partial charge in [-0.25, -0.2) is 0 Å². The molecule has 0 radical (unpaired) electrons. The first kappa shape index (κ1) is 17.3. The average molecular weight is 325 g/mol. The average Bonchev–Trinajstić information content (AvgIpc) is 2.45. The van der Waals surface area contributed by atoms with Crippen LogP contribution in [-0.2, 0) is 9.53 Å². The maximum Gasteiger partial charge on any atom is 0.225 e. The van der Waals surface area contributed by atoms with Crippen molar-refractivity contribution < 1.29 is 9.53 Å². The van der Waals surface area contributed by atoms with Gasteiger partial charge in [-0.3, -0.25) is 4.79 Å². The maximum absolute atomic E-state index is 12.7. The van der Waals surface area contributed by atoms with Crippen LogP contribution in [0.2, 0.25) is 0 Å². The summed E-state index contributed by atoms with van der Waals surface area (Å²) in [7, 11) is 0. The summed E-state index contributed by atoms with van der Waals surface area (Å²) in [6, 6.07) is 10.2. The van der Waals surface area contributed by atoms with E-state index in [4.69, 9.17) is 4.74 Å². The second-order valence-electron chi connectivity index (χ2n) is 6.30. The Morgan fingerprint density at radius 3 is 2.55 bits per heavy atom. The molecule has 2 heterocycles. The van der Waals surface area contributed by atoms with E-state index in [9.17, 15) is 4.79 Å². The van der Waals surface area contributed by atoms with Crippen LogP contribution in [-0.4, -0.2) is 43.1 Å². The number of amides is 1. The molecule has 1 aromatic carbocycles. The smallest absolute Gasteiger partial charge is 0.225 e. The van der Waals surface area contributed by atoms with Gasteiger partial charge in [0.1, 0.15) is 6.10 Å². The van der Waals surface area contributed by atoms with E-state index in [2.05, 4.69) is 24.4 Å². The molecule has 2 fully saturated rings. The van der Waals surface area contributed by atoms with Gasteiger partial charge in [-0.1, -0.05) is 37.3 Å². The van der Waals surface area contributed by atoms with Gasteiger partial charge >= 0.3 is 0 Å². The highest BCUT2D eigenvalue weighted by molar-refractivity contribution is 5.85. The lowest BCUT2D eigenvalue weighted by Crippen LogP contribution is -2.53. The molecule has 0 bridgehead atoms. The molecule has 2 aliphatic heterocycles. The summed E-state index contributed by atoms with van der Waals surface area (Å²) in [6.07, 6.45) is 0.0743. The van der Waals surface area contributed by atoms with Crippen molar-refractivity contribution in [3.05, 3.63) is 35.9 Å². The zero-order valence-corrected chi connectivity index (χ0v) is 14.0. The fourth-order valence-electron chi connectivity index (χ4n) is 3.14. The quantitative estimate of drug-likeness (QED) is 0.927. The molecule has 1 aromatic rings. The summed E-state index contributed by atoms with van der Waals surface area (Å²) < 4.78 is 6.03. The van der Waals surface area contributed by atoms with E-state index in [0.717, 1.165) is 18.7 Å². The van der Waals surface area contributed by atoms with Gasteiger partial charge in [-0.05, 0) is 31.5 Å². The van der Waals surface area contributed by atoms with Crippen molar-refractivity contribution in [2.45, 2.75) is 26.1 Å². The highest BCUT2D eigenvalue weighted by atomic mass is 35.5. The third kappa shape index (κ3) is 3.62. The molecule has 3 rings (SSSR count). The Bertz CT molecular complexity index is 493. The SMILES string of the molecule is CC1CN(C(=O)C(C)C2CNC2)CC(c2ccccc2)O1.Cl. The van der Waals surface area contributed by atoms with Crippen molar-refractivity contribution in [1.82, 2.24) is 10.2 Å². The lowest BCUT2D eigenvalue weighted by Gasteiger charge is -2.40. The maximum atomic E-state index is 12.7. The molecule has 22 heavy (non-hydrogen) atoms. The zero-order valence-electron chi connectivity index (χ0n) is 13.2. The van der Waals surface area contributed by atoms with Crippen LogP contribution < -0.4 is 5.32 Å². The van der Waals surface area contributed by atoms with Gasteiger partial charge in [0.25, 0.3) is 0 Å². The van der Waals surface area contributed by atoms with Crippen molar-refractivity contribution >= 4 is 18.3 Å². The summed E-state index contributed by atoms with van der Waals surface area (Å²) in [5, 5.41) is 3.25. The Kier molecular flexibility index (Phi) is 5.84. The van der Waals surface area contributed by atoms with Gasteiger partial charge in [0.05, 0.1) is 12.6 Å². The summed E-state index contributed by atoms with van der Waals surface area (Å²) in [5.74, 6) is 0.872. The largest absolute Gasteiger partial charge is 0.367 e. The summed E-state index contributed by atoms with van der Waals surface area (Å²) in [6.45, 7) is 7.41. The molecule has 0 saturated carbocycles. The van der Waals surface area contributed by atoms with Crippen molar-refractivity contribution in [3.63, 3.8) is 0 Å². The summed E-state index contributed by atoms with van der Waals surface area (Å²) in [5.41, 5.74) is 1.15. The molecule has 3 atom stereocenters. The lowest BCUT2D eigenvalue weighted by molar-refractivity contribution is -0.150. The number of nitrogens with zero attached hydrogens (tertiary/aromatic N) is 1. The van der Waals surface area contributed by atoms with Gasteiger partial charge in [-0.2, -0.15) is 0 Å². The number of nitrogens with one attached hydrogen (secondary N) is 1. The van der Waals surface area contributed by atoms with Crippen molar-refractivity contribution in [2.75, 3.05) is 26.2 Å². The minimum absolute atomic E-state index is 0. The van der Waals surface area contributed by atoms with Crippen LogP contribution in [0.3, 0.4) is 0 Å². The first-order chi connectivity index (χ1) is 10.1. The number of carbonyl (C=O) groups excluding carboxylic acids is 1. The van der Waals surface area contributed by atoms with Gasteiger partial charge in [0, 0.05) is 12.5 Å². The molecule has 122 valence electrons. The van der Waals surface area contributed by atoms with Crippen LogP contribution in [0.1, 0.15) is 25.5 Å². The lowest BCUT2D eigenvalue weighted by atomic mass is 9.87. The molecule has 5 heteroatoms. The number of morpholine rings is 1. The third-order valence-corrected chi connectivity index (χ3v) is 4.65. The first-order valence-electron chi connectivity index (χ1n) is 7.85. The fourth-order valence-corrected chi connectivity index (χ4v) is 3.14. The number of rotatable bonds is 3. The van der Waals surface area contributed by atoms with Crippen LogP contribution in [0.15, 0.2) is 30.3 Å². The predicted octanol–water partition coefficient (Wildman–Crippen LogP) is 2.25. The Labute approximate surface area is 138 Å². The second kappa shape index (κ2) is 7.44. The molecule has 4 nitrogen and oxygen atoms in total. The molecular formula is C17H25ClN2O2. The zero-order chi connectivity index (χ0) is 14.8. The highest BCUT2D eigenvalue weighted by Crippen LogP contribution is 2.27. The van der Waals surface area contributed by atoms with E-state index >= 15 is 0 Å². The molecule has 2 saturated heterocycles. The Hall–Kier alpha value is -1.10. The van der Waals surface area contributed by atoms with Crippen LogP contribution in [0, 0.1) is 11.8 Å². The third-order valence-electron chi connectivity index (χ3n) is 4.65. The fraction of sp³-hybridized carbons (Fsp3) is 0.588. The number of hydrogen-bond donors (Lipinski definition) is 1. The van der Waals surface area contributed by atoms with E-state index in [1.165, 1.54) is 0 Å². The number of carbonyl (C=O) groups is 1. The van der Waals surface area contributed by atoms with Crippen molar-refractivity contribution in [2.24, 2.45) is 11.8 Å². The summed E-state index contributed by atoms with van der Waals surface area (Å²) >= 11 is 0. The van der Waals surface area contributed by atoms with E-state index in [-0.39, 0.29) is 36.4 Å². The van der Waals surface area contributed by atoms with Gasteiger partial charge in [0.15, 0.2) is 0 Å². The van der Waals surface area contributed by atoms with Crippen LogP contribution in [0.5, 0.6) is 0 Å². The van der Waals surface area contributed by atoms with Gasteiger partial charge in [0.2, 0.25) is 5.91 Å². The van der Waals surface area contributed by atoms with Gasteiger partial charge < -0.3 is 15.0 Å². The standard InChI is InChI=1S/C17H24N2O2.ClH/c1-12-10-19(17(20)13(2)15-8-18-9-15)11-16(21-12)14-6-4-3-5-7-14;/h3-7,12-13,15-16,18H,8-11H2,1-2H3;1H. The molecule has 1 amide bonds. The molecule has 3 unspecified atom stereocenters. The van der Waals surface area contributed by atoms with Gasteiger partial charge in [-0.15, -0.1) is 12.4 Å². The molecule has 0 aromatic heterocycles. The minimum Gasteiger partial charge on any atom is -0.367 e. The first-order valence-corrected chi connectivity index (χ1v) is 7.85. The predicted molar refractivity (Wildman–Crippen MR) is 89.1 cm³/mol. The topological polar surface area (TPSA) is 41.6 Å². The number of hydrogen-bond acceptors (Lipinski definition) is 3. The van der Waals surface area contributed by atoms with E-state index < -0.39 is 0 Å².